The van der Waals surface area contributed by atoms with E-state index in [1.165, 1.54) is 35.5 Å². The summed E-state index contributed by atoms with van der Waals surface area (Å²) >= 11 is 0. The monoisotopic (exact) mass is 444 g/mol. The van der Waals surface area contributed by atoms with Crippen molar-refractivity contribution in [2.24, 2.45) is 0 Å². The summed E-state index contributed by atoms with van der Waals surface area (Å²) < 4.78 is 33.7. The van der Waals surface area contributed by atoms with Gasteiger partial charge in [0.2, 0.25) is 15.9 Å². The fraction of sp³-hybridized carbons (Fsp3) is 0.391. The summed E-state index contributed by atoms with van der Waals surface area (Å²) in [7, 11) is -3.96. The van der Waals surface area contributed by atoms with Gasteiger partial charge < -0.3 is 9.64 Å². The molecule has 0 radical (unpaired) electrons. The minimum atomic E-state index is -3.96. The topological polar surface area (TPSA) is 84.0 Å². The Morgan fingerprint density at radius 1 is 1.00 bits per heavy atom. The Labute approximate surface area is 183 Å². The van der Waals surface area contributed by atoms with Gasteiger partial charge in [-0.05, 0) is 38.5 Å². The second-order valence-electron chi connectivity index (χ2n) is 7.90. The molecule has 0 spiro atoms. The van der Waals surface area contributed by atoms with Gasteiger partial charge in [0.15, 0.2) is 5.78 Å². The Morgan fingerprint density at radius 3 is 2.13 bits per heavy atom. The van der Waals surface area contributed by atoms with Gasteiger partial charge in [-0.25, -0.2) is 8.42 Å². The number of carbonyl (C=O) groups is 2. The van der Waals surface area contributed by atoms with E-state index in [-0.39, 0.29) is 41.9 Å². The van der Waals surface area contributed by atoms with E-state index in [0.29, 0.717) is 18.7 Å². The van der Waals surface area contributed by atoms with Crippen LogP contribution in [0.2, 0.25) is 0 Å². The molecule has 7 nitrogen and oxygen atoms in total. The van der Waals surface area contributed by atoms with Crippen molar-refractivity contribution in [2.75, 3.05) is 19.6 Å². The van der Waals surface area contributed by atoms with E-state index < -0.39 is 10.0 Å². The molecular formula is C23H28N2O5S. The molecule has 1 fully saturated rings. The Morgan fingerprint density at radius 2 is 1.58 bits per heavy atom. The second-order valence-corrected chi connectivity index (χ2v) is 9.83. The minimum Gasteiger partial charge on any atom is -0.372 e. The van der Waals surface area contributed by atoms with Gasteiger partial charge in [-0.15, -0.1) is 0 Å². The van der Waals surface area contributed by atoms with Crippen LogP contribution in [0.4, 0.5) is 0 Å². The fourth-order valence-corrected chi connectivity index (χ4v) is 5.03. The third kappa shape index (κ3) is 5.78. The number of amides is 1. The van der Waals surface area contributed by atoms with E-state index in [1.807, 2.05) is 44.2 Å². The highest BCUT2D eigenvalue weighted by molar-refractivity contribution is 7.89. The molecule has 31 heavy (non-hydrogen) atoms. The number of benzene rings is 2. The summed E-state index contributed by atoms with van der Waals surface area (Å²) in [4.78, 5) is 26.3. The van der Waals surface area contributed by atoms with Crippen LogP contribution >= 0.6 is 0 Å². The molecule has 0 saturated carbocycles. The van der Waals surface area contributed by atoms with Crippen LogP contribution in [0.25, 0.3) is 0 Å². The van der Waals surface area contributed by atoms with Gasteiger partial charge in [-0.1, -0.05) is 42.5 Å². The Hall–Kier alpha value is -2.55. The van der Waals surface area contributed by atoms with E-state index in [9.17, 15) is 18.0 Å². The molecule has 1 saturated heterocycles. The third-order valence-electron chi connectivity index (χ3n) is 5.18. The average Bonchev–Trinajstić information content (AvgIpc) is 2.73. The SMILES string of the molecule is CC(=O)c1ccc(S(=O)(=O)N(CC(=O)N2C[C@@H](C)O[C@H](C)C2)Cc2ccccc2)cc1. The van der Waals surface area contributed by atoms with Gasteiger partial charge in [0.1, 0.15) is 0 Å². The van der Waals surface area contributed by atoms with Crippen LogP contribution in [-0.4, -0.2) is 61.2 Å². The highest BCUT2D eigenvalue weighted by Crippen LogP contribution is 2.20. The maximum atomic E-state index is 13.4. The van der Waals surface area contributed by atoms with Gasteiger partial charge in [0.05, 0.1) is 23.6 Å². The zero-order valence-electron chi connectivity index (χ0n) is 18.0. The number of nitrogens with zero attached hydrogens (tertiary/aromatic N) is 2. The van der Waals surface area contributed by atoms with Crippen molar-refractivity contribution < 1.29 is 22.7 Å². The third-order valence-corrected chi connectivity index (χ3v) is 6.99. The molecule has 3 rings (SSSR count). The largest absolute Gasteiger partial charge is 0.372 e. The molecule has 0 N–H and O–H groups in total. The lowest BCUT2D eigenvalue weighted by Gasteiger charge is -2.36. The molecule has 0 aromatic heterocycles. The summed E-state index contributed by atoms with van der Waals surface area (Å²) in [5.41, 5.74) is 1.21. The lowest BCUT2D eigenvalue weighted by Crippen LogP contribution is -2.51. The van der Waals surface area contributed by atoms with Crippen molar-refractivity contribution in [3.63, 3.8) is 0 Å². The zero-order chi connectivity index (χ0) is 22.6. The van der Waals surface area contributed by atoms with E-state index in [2.05, 4.69) is 0 Å². The van der Waals surface area contributed by atoms with Crippen LogP contribution in [0, 0.1) is 0 Å². The molecule has 2 atom stereocenters. The number of morpholine rings is 1. The van der Waals surface area contributed by atoms with Gasteiger partial charge in [0, 0.05) is 25.2 Å². The van der Waals surface area contributed by atoms with E-state index >= 15 is 0 Å². The smallest absolute Gasteiger partial charge is 0.243 e. The van der Waals surface area contributed by atoms with Gasteiger partial charge in [-0.3, -0.25) is 9.59 Å². The first-order valence-electron chi connectivity index (χ1n) is 10.2. The normalized spacial score (nSPS) is 19.4. The molecule has 8 heteroatoms. The van der Waals surface area contributed by atoms with Crippen LogP contribution in [0.15, 0.2) is 59.5 Å². The first kappa shape index (κ1) is 23.1. The molecule has 166 valence electrons. The van der Waals surface area contributed by atoms with Crippen molar-refractivity contribution in [3.05, 3.63) is 65.7 Å². The standard InChI is InChI=1S/C23H28N2O5S/c1-17-13-24(14-18(2)30-17)23(27)16-25(15-20-7-5-4-6-8-20)31(28,29)22-11-9-21(10-12-22)19(3)26/h4-12,17-18H,13-16H2,1-3H3/t17-,18-/m1/s1. The highest BCUT2D eigenvalue weighted by atomic mass is 32.2. The summed E-state index contributed by atoms with van der Waals surface area (Å²) in [6.07, 6.45) is -0.211. The lowest BCUT2D eigenvalue weighted by atomic mass is 10.2. The number of rotatable bonds is 7. The zero-order valence-corrected chi connectivity index (χ0v) is 18.8. The number of hydrogen-bond acceptors (Lipinski definition) is 5. The van der Waals surface area contributed by atoms with Crippen molar-refractivity contribution in [2.45, 2.75) is 44.4 Å². The summed E-state index contributed by atoms with van der Waals surface area (Å²) in [5, 5.41) is 0. The fourth-order valence-electron chi connectivity index (χ4n) is 3.66. The summed E-state index contributed by atoms with van der Waals surface area (Å²) in [6.45, 7) is 5.86. The Bertz CT molecular complexity index is 1010. The molecule has 0 unspecified atom stereocenters. The van der Waals surface area contributed by atoms with Crippen LogP contribution in [0.3, 0.4) is 0 Å². The number of hydrogen-bond donors (Lipinski definition) is 0. The second kappa shape index (κ2) is 9.72. The van der Waals surface area contributed by atoms with Crippen LogP contribution < -0.4 is 0 Å². The molecule has 0 aliphatic carbocycles. The number of sulfonamides is 1. The molecule has 1 aliphatic rings. The molecular weight excluding hydrogens is 416 g/mol. The summed E-state index contributed by atoms with van der Waals surface area (Å²) in [6, 6.07) is 15.0. The number of ether oxygens (including phenoxy) is 1. The predicted octanol–water partition coefficient (Wildman–Crippen LogP) is 2.72. The number of Topliss-reactive ketones (excluding diaryl/α,β-unsaturated/α-hetero) is 1. The summed E-state index contributed by atoms with van der Waals surface area (Å²) in [5.74, 6) is -0.405. The Kier molecular flexibility index (Phi) is 7.25. The Balaban J connectivity index is 1.88. The van der Waals surface area contributed by atoms with Gasteiger partial charge >= 0.3 is 0 Å². The molecule has 2 aromatic carbocycles. The molecule has 0 bridgehead atoms. The van der Waals surface area contributed by atoms with Gasteiger partial charge in [-0.2, -0.15) is 4.31 Å². The quantitative estimate of drug-likeness (QED) is 0.613. The maximum Gasteiger partial charge on any atom is 0.243 e. The molecule has 1 aliphatic heterocycles. The van der Waals surface area contributed by atoms with Crippen molar-refractivity contribution in [3.8, 4) is 0 Å². The maximum absolute atomic E-state index is 13.4. The number of carbonyl (C=O) groups excluding carboxylic acids is 2. The van der Waals surface area contributed by atoms with Crippen molar-refractivity contribution in [1.82, 2.24) is 9.21 Å². The molecule has 1 amide bonds. The average molecular weight is 445 g/mol. The highest BCUT2D eigenvalue weighted by Gasteiger charge is 2.31. The minimum absolute atomic E-state index is 0.0462. The number of ketones is 1. The van der Waals surface area contributed by atoms with Crippen LogP contribution in [0.5, 0.6) is 0 Å². The van der Waals surface area contributed by atoms with Crippen LogP contribution in [-0.2, 0) is 26.1 Å². The van der Waals surface area contributed by atoms with Crippen molar-refractivity contribution >= 4 is 21.7 Å². The lowest BCUT2D eigenvalue weighted by molar-refractivity contribution is -0.143. The van der Waals surface area contributed by atoms with E-state index in [4.69, 9.17) is 4.74 Å². The molecule has 2 aromatic rings. The van der Waals surface area contributed by atoms with Crippen molar-refractivity contribution in [1.29, 1.82) is 0 Å². The first-order valence-corrected chi connectivity index (χ1v) is 11.7. The van der Waals surface area contributed by atoms with E-state index in [0.717, 1.165) is 5.56 Å². The van der Waals surface area contributed by atoms with E-state index in [1.54, 1.807) is 4.90 Å². The van der Waals surface area contributed by atoms with Crippen LogP contribution in [0.1, 0.15) is 36.7 Å². The predicted molar refractivity (Wildman–Crippen MR) is 117 cm³/mol. The first-order chi connectivity index (χ1) is 14.7. The van der Waals surface area contributed by atoms with Gasteiger partial charge in [0.25, 0.3) is 0 Å². The molecule has 1 heterocycles.